The van der Waals surface area contributed by atoms with Gasteiger partial charge in [0.25, 0.3) is 0 Å². The van der Waals surface area contributed by atoms with E-state index < -0.39 is 0 Å². The molecule has 0 saturated carbocycles. The van der Waals surface area contributed by atoms with Crippen LogP contribution in [-0.2, 0) is 6.42 Å². The third-order valence-corrected chi connectivity index (χ3v) is 6.66. The Labute approximate surface area is 208 Å². The van der Waals surface area contributed by atoms with Crippen LogP contribution in [0.4, 0.5) is 16.8 Å². The maximum Gasteiger partial charge on any atom is 0.190 e. The van der Waals surface area contributed by atoms with Gasteiger partial charge in [-0.1, -0.05) is 24.3 Å². The second-order valence-electron chi connectivity index (χ2n) is 8.40. The summed E-state index contributed by atoms with van der Waals surface area (Å²) in [6.07, 6.45) is 8.62. The summed E-state index contributed by atoms with van der Waals surface area (Å²) in [5.41, 5.74) is 5.01. The number of aryl methyl sites for hydroxylation is 2. The molecule has 0 aliphatic heterocycles. The fraction of sp³-hybridized carbons (Fsp3) is 0.269. The van der Waals surface area contributed by atoms with Gasteiger partial charge in [0, 0.05) is 36.7 Å². The van der Waals surface area contributed by atoms with E-state index in [4.69, 9.17) is 4.98 Å². The molecule has 9 heteroatoms. The third-order valence-electron chi connectivity index (χ3n) is 5.78. The van der Waals surface area contributed by atoms with Crippen LogP contribution in [0, 0.1) is 6.92 Å². The summed E-state index contributed by atoms with van der Waals surface area (Å²) in [5.74, 6) is 1.84. The van der Waals surface area contributed by atoms with Crippen LogP contribution < -0.4 is 10.2 Å². The minimum absolute atomic E-state index is 0.780. The van der Waals surface area contributed by atoms with Crippen LogP contribution in [0.3, 0.4) is 0 Å². The van der Waals surface area contributed by atoms with Crippen molar-refractivity contribution in [3.8, 4) is 11.3 Å². The molecule has 0 bridgehead atoms. The summed E-state index contributed by atoms with van der Waals surface area (Å²) in [6.45, 7) is 6.17. The number of hydrogen-bond donors (Lipinski definition) is 2. The average Bonchev–Trinajstić information content (AvgIpc) is 3.49. The van der Waals surface area contributed by atoms with Crippen molar-refractivity contribution in [3.63, 3.8) is 0 Å². The molecule has 5 heterocycles. The van der Waals surface area contributed by atoms with E-state index in [1.54, 1.807) is 6.20 Å². The highest BCUT2D eigenvalue weighted by molar-refractivity contribution is 7.21. The molecule has 0 aromatic carbocycles. The Kier molecular flexibility index (Phi) is 6.94. The molecule has 8 nitrogen and oxygen atoms in total. The van der Waals surface area contributed by atoms with Gasteiger partial charge in [-0.2, -0.15) is 5.10 Å². The molecule has 5 aromatic rings. The molecule has 5 rings (SSSR count). The SMILES string of the molecule is CCCN(CCCc1ccnc(Nc2nc3ccc(-c4cn[nH]c4C)nc3s2)c1)c1ccccn1. The van der Waals surface area contributed by atoms with Gasteiger partial charge in [-0.3, -0.25) is 5.10 Å². The predicted molar refractivity (Wildman–Crippen MR) is 142 cm³/mol. The smallest absolute Gasteiger partial charge is 0.190 e. The lowest BCUT2D eigenvalue weighted by Crippen LogP contribution is -2.26. The zero-order valence-corrected chi connectivity index (χ0v) is 20.7. The number of anilines is 3. The molecule has 5 aromatic heterocycles. The zero-order valence-electron chi connectivity index (χ0n) is 19.9. The average molecular weight is 485 g/mol. The number of aromatic nitrogens is 6. The van der Waals surface area contributed by atoms with Gasteiger partial charge in [0.2, 0.25) is 0 Å². The monoisotopic (exact) mass is 484 g/mol. The van der Waals surface area contributed by atoms with Crippen molar-refractivity contribution in [1.82, 2.24) is 30.1 Å². The molecule has 2 N–H and O–H groups in total. The topological polar surface area (TPSA) is 95.5 Å². The summed E-state index contributed by atoms with van der Waals surface area (Å²) in [7, 11) is 0. The van der Waals surface area contributed by atoms with E-state index in [0.29, 0.717) is 0 Å². The first-order valence-electron chi connectivity index (χ1n) is 11.9. The second kappa shape index (κ2) is 10.6. The van der Waals surface area contributed by atoms with Crippen LogP contribution in [0.15, 0.2) is 61.1 Å². The third kappa shape index (κ3) is 5.46. The molecule has 0 radical (unpaired) electrons. The van der Waals surface area contributed by atoms with Crippen LogP contribution in [0.5, 0.6) is 0 Å². The first kappa shape index (κ1) is 22.9. The van der Waals surface area contributed by atoms with Crippen molar-refractivity contribution in [2.75, 3.05) is 23.3 Å². The van der Waals surface area contributed by atoms with Crippen LogP contribution >= 0.6 is 11.3 Å². The van der Waals surface area contributed by atoms with E-state index in [-0.39, 0.29) is 0 Å². The number of rotatable bonds is 10. The summed E-state index contributed by atoms with van der Waals surface area (Å²) >= 11 is 1.52. The molecule has 0 aliphatic carbocycles. The Morgan fingerprint density at radius 2 is 1.97 bits per heavy atom. The van der Waals surface area contributed by atoms with E-state index >= 15 is 0 Å². The highest BCUT2D eigenvalue weighted by atomic mass is 32.1. The van der Waals surface area contributed by atoms with Gasteiger partial charge in [-0.25, -0.2) is 19.9 Å². The van der Waals surface area contributed by atoms with Crippen LogP contribution in [0.25, 0.3) is 21.6 Å². The van der Waals surface area contributed by atoms with Crippen molar-refractivity contribution in [3.05, 3.63) is 72.3 Å². The number of thiazole rings is 1. The quantitative estimate of drug-likeness (QED) is 0.260. The van der Waals surface area contributed by atoms with Crippen LogP contribution in [0.2, 0.25) is 0 Å². The van der Waals surface area contributed by atoms with Crippen molar-refractivity contribution in [1.29, 1.82) is 0 Å². The minimum Gasteiger partial charge on any atom is -0.357 e. The van der Waals surface area contributed by atoms with E-state index in [1.807, 2.05) is 43.6 Å². The van der Waals surface area contributed by atoms with E-state index in [0.717, 1.165) is 76.4 Å². The molecule has 0 atom stereocenters. The van der Waals surface area contributed by atoms with Crippen LogP contribution in [-0.4, -0.2) is 43.2 Å². The Balaban J connectivity index is 1.24. The zero-order chi connectivity index (χ0) is 24.0. The van der Waals surface area contributed by atoms with Crippen LogP contribution in [0.1, 0.15) is 31.0 Å². The number of pyridine rings is 3. The molecule has 0 saturated heterocycles. The first-order valence-corrected chi connectivity index (χ1v) is 12.7. The summed E-state index contributed by atoms with van der Waals surface area (Å²) in [6, 6.07) is 14.2. The fourth-order valence-electron chi connectivity index (χ4n) is 4.06. The predicted octanol–water partition coefficient (Wildman–Crippen LogP) is 5.77. The number of hydrogen-bond acceptors (Lipinski definition) is 8. The molecule has 0 spiro atoms. The van der Waals surface area contributed by atoms with Gasteiger partial charge < -0.3 is 10.2 Å². The molecule has 35 heavy (non-hydrogen) atoms. The number of nitrogens with zero attached hydrogens (tertiary/aromatic N) is 6. The van der Waals surface area contributed by atoms with Crippen molar-refractivity contribution < 1.29 is 0 Å². The van der Waals surface area contributed by atoms with Gasteiger partial charge in [0.15, 0.2) is 5.13 Å². The number of H-pyrrole nitrogens is 1. The molecule has 0 aliphatic rings. The maximum atomic E-state index is 4.78. The van der Waals surface area contributed by atoms with Crippen molar-refractivity contribution in [2.45, 2.75) is 33.1 Å². The standard InChI is InChI=1S/C26H28N8S/c1-3-14-34(24-8-4-5-12-28-24)15-6-7-19-11-13-27-23(16-19)32-26-31-22-10-9-21(30-25(22)35-26)20-17-29-33-18(20)2/h4-5,8-13,16-17H,3,6-7,14-15H2,1-2H3,(H,29,33)(H,27,31,32). The number of aromatic amines is 1. The van der Waals surface area contributed by atoms with Crippen molar-refractivity contribution in [2.24, 2.45) is 0 Å². The van der Waals surface area contributed by atoms with Gasteiger partial charge in [-0.15, -0.1) is 0 Å². The molecule has 0 unspecified atom stereocenters. The Morgan fingerprint density at radius 1 is 1.03 bits per heavy atom. The van der Waals surface area contributed by atoms with E-state index in [1.165, 1.54) is 16.9 Å². The minimum atomic E-state index is 0.780. The highest BCUT2D eigenvalue weighted by Crippen LogP contribution is 2.29. The molecule has 178 valence electrons. The summed E-state index contributed by atoms with van der Waals surface area (Å²) in [5, 5.41) is 11.2. The fourth-order valence-corrected chi connectivity index (χ4v) is 4.91. The van der Waals surface area contributed by atoms with Gasteiger partial charge >= 0.3 is 0 Å². The Morgan fingerprint density at radius 3 is 2.77 bits per heavy atom. The van der Waals surface area contributed by atoms with Gasteiger partial charge in [0.05, 0.1) is 11.9 Å². The van der Waals surface area contributed by atoms with Gasteiger partial charge in [-0.05, 0) is 68.1 Å². The van der Waals surface area contributed by atoms with E-state index in [9.17, 15) is 0 Å². The van der Waals surface area contributed by atoms with E-state index in [2.05, 4.69) is 60.5 Å². The maximum absolute atomic E-state index is 4.78. The number of nitrogens with one attached hydrogen (secondary N) is 2. The molecular weight excluding hydrogens is 456 g/mol. The normalized spacial score (nSPS) is 11.1. The Bertz CT molecular complexity index is 1400. The van der Waals surface area contributed by atoms with Gasteiger partial charge in [0.1, 0.15) is 22.0 Å². The largest absolute Gasteiger partial charge is 0.357 e. The second-order valence-corrected chi connectivity index (χ2v) is 9.38. The number of fused-ring (bicyclic) bond motifs is 1. The van der Waals surface area contributed by atoms with Crippen molar-refractivity contribution >= 4 is 38.5 Å². The lowest BCUT2D eigenvalue weighted by Gasteiger charge is -2.23. The lowest BCUT2D eigenvalue weighted by molar-refractivity contribution is 0.706. The summed E-state index contributed by atoms with van der Waals surface area (Å²) < 4.78 is 0. The summed E-state index contributed by atoms with van der Waals surface area (Å²) in [4.78, 5) is 21.7. The Hall–Kier alpha value is -3.85. The molecule has 0 fully saturated rings. The highest BCUT2D eigenvalue weighted by Gasteiger charge is 2.11. The molecular formula is C26H28N8S. The first-order chi connectivity index (χ1) is 17.2. The molecule has 0 amide bonds. The lowest BCUT2D eigenvalue weighted by atomic mass is 10.1.